The van der Waals surface area contributed by atoms with Crippen LogP contribution in [0.4, 0.5) is 0 Å². The average molecular weight is 408 g/mol. The van der Waals surface area contributed by atoms with Crippen molar-refractivity contribution in [2.75, 3.05) is 45.9 Å². The molecule has 0 radical (unpaired) electrons. The first-order valence-corrected chi connectivity index (χ1v) is 10.4. The minimum Gasteiger partial charge on any atom is -0.493 e. The summed E-state index contributed by atoms with van der Waals surface area (Å²) in [6, 6.07) is 17.3. The Hall–Kier alpha value is -3.12. The van der Waals surface area contributed by atoms with E-state index in [0.717, 1.165) is 19.6 Å². The van der Waals surface area contributed by atoms with Gasteiger partial charge in [-0.05, 0) is 24.6 Å². The van der Waals surface area contributed by atoms with Gasteiger partial charge in [-0.25, -0.2) is 0 Å². The third-order valence-corrected chi connectivity index (χ3v) is 5.03. The first kappa shape index (κ1) is 21.6. The second kappa shape index (κ2) is 11.2. The molecule has 3 rings (SSSR count). The van der Waals surface area contributed by atoms with E-state index in [1.54, 1.807) is 18.2 Å². The molecular formula is C24H29N3O3. The summed E-state index contributed by atoms with van der Waals surface area (Å²) < 4.78 is 5.49. The molecule has 0 aromatic heterocycles. The fourth-order valence-corrected chi connectivity index (χ4v) is 3.38. The topological polar surface area (TPSA) is 61.9 Å². The molecular weight excluding hydrogens is 378 g/mol. The monoisotopic (exact) mass is 407 g/mol. The van der Waals surface area contributed by atoms with E-state index in [1.807, 2.05) is 36.1 Å². The van der Waals surface area contributed by atoms with Gasteiger partial charge in [0.1, 0.15) is 5.75 Å². The number of ether oxygens (including phenoxy) is 1. The Kier molecular flexibility index (Phi) is 8.03. The van der Waals surface area contributed by atoms with Crippen molar-refractivity contribution < 1.29 is 14.3 Å². The van der Waals surface area contributed by atoms with Crippen LogP contribution in [0.2, 0.25) is 0 Å². The van der Waals surface area contributed by atoms with Crippen LogP contribution in [0.15, 0.2) is 60.7 Å². The van der Waals surface area contributed by atoms with Gasteiger partial charge in [-0.1, -0.05) is 54.6 Å². The molecule has 0 spiro atoms. The largest absolute Gasteiger partial charge is 0.493 e. The molecule has 0 aliphatic carbocycles. The number of carbonyl (C=O) groups excluding carboxylic acids is 2. The number of carbonyl (C=O) groups is 2. The van der Waals surface area contributed by atoms with E-state index in [4.69, 9.17) is 4.74 Å². The van der Waals surface area contributed by atoms with Gasteiger partial charge in [-0.15, -0.1) is 0 Å². The molecule has 0 unspecified atom stereocenters. The molecule has 30 heavy (non-hydrogen) atoms. The SMILES string of the molecule is CCOc1ccccc1C(=O)NCC(=O)N1CCN(C/C=C/c2ccccc2)CC1. The summed E-state index contributed by atoms with van der Waals surface area (Å²) >= 11 is 0. The maximum absolute atomic E-state index is 12.5. The van der Waals surface area contributed by atoms with Crippen LogP contribution in [-0.4, -0.2) is 67.5 Å². The number of benzene rings is 2. The lowest BCUT2D eigenvalue weighted by Gasteiger charge is -2.34. The Morgan fingerprint density at radius 3 is 2.43 bits per heavy atom. The zero-order chi connectivity index (χ0) is 21.2. The van der Waals surface area contributed by atoms with Crippen LogP contribution < -0.4 is 10.1 Å². The molecule has 2 aromatic rings. The number of piperazine rings is 1. The normalized spacial score (nSPS) is 14.6. The summed E-state index contributed by atoms with van der Waals surface area (Å²) in [7, 11) is 0. The molecule has 0 atom stereocenters. The highest BCUT2D eigenvalue weighted by atomic mass is 16.5. The van der Waals surface area contributed by atoms with Gasteiger partial charge in [0.2, 0.25) is 5.91 Å². The quantitative estimate of drug-likeness (QED) is 0.731. The average Bonchev–Trinajstić information content (AvgIpc) is 2.79. The summed E-state index contributed by atoms with van der Waals surface area (Å²) in [5, 5.41) is 2.72. The Balaban J connectivity index is 1.41. The number of hydrogen-bond acceptors (Lipinski definition) is 4. The highest BCUT2D eigenvalue weighted by molar-refractivity contribution is 5.98. The Morgan fingerprint density at radius 2 is 1.70 bits per heavy atom. The summed E-state index contributed by atoms with van der Waals surface area (Å²) in [5.74, 6) is 0.177. The molecule has 1 aliphatic heterocycles. The van der Waals surface area contributed by atoms with Crippen molar-refractivity contribution in [3.8, 4) is 5.75 Å². The van der Waals surface area contributed by atoms with Gasteiger partial charge in [0, 0.05) is 32.7 Å². The first-order chi connectivity index (χ1) is 14.7. The van der Waals surface area contributed by atoms with Crippen LogP contribution in [-0.2, 0) is 4.79 Å². The second-order valence-electron chi connectivity index (χ2n) is 7.11. The van der Waals surface area contributed by atoms with Gasteiger partial charge in [0.05, 0.1) is 18.7 Å². The molecule has 1 aliphatic rings. The Labute approximate surface area is 178 Å². The molecule has 1 fully saturated rings. The summed E-state index contributed by atoms with van der Waals surface area (Å²) in [4.78, 5) is 29.1. The smallest absolute Gasteiger partial charge is 0.255 e. The lowest BCUT2D eigenvalue weighted by Crippen LogP contribution is -2.51. The van der Waals surface area contributed by atoms with Crippen LogP contribution in [0.5, 0.6) is 5.75 Å². The van der Waals surface area contributed by atoms with Crippen LogP contribution in [0.25, 0.3) is 6.08 Å². The van der Waals surface area contributed by atoms with Crippen LogP contribution >= 0.6 is 0 Å². The lowest BCUT2D eigenvalue weighted by atomic mass is 10.2. The van der Waals surface area contributed by atoms with Gasteiger partial charge in [0.15, 0.2) is 0 Å². The fraction of sp³-hybridized carbons (Fsp3) is 0.333. The number of nitrogens with zero attached hydrogens (tertiary/aromatic N) is 2. The minimum absolute atomic E-state index is 0.00674. The zero-order valence-corrected chi connectivity index (χ0v) is 17.4. The molecule has 0 saturated carbocycles. The summed E-state index contributed by atoms with van der Waals surface area (Å²) in [5.41, 5.74) is 1.63. The Bertz CT molecular complexity index is 859. The van der Waals surface area contributed by atoms with Gasteiger partial charge in [0.25, 0.3) is 5.91 Å². The van der Waals surface area contributed by atoms with E-state index >= 15 is 0 Å². The molecule has 0 bridgehead atoms. The number of para-hydroxylation sites is 1. The van der Waals surface area contributed by atoms with E-state index in [1.165, 1.54) is 5.56 Å². The molecule has 2 aromatic carbocycles. The molecule has 1 N–H and O–H groups in total. The summed E-state index contributed by atoms with van der Waals surface area (Å²) in [6.45, 7) is 6.20. The van der Waals surface area contributed by atoms with Crippen LogP contribution in [0.3, 0.4) is 0 Å². The molecule has 6 heteroatoms. The third kappa shape index (κ3) is 6.19. The fourth-order valence-electron chi connectivity index (χ4n) is 3.38. The van der Waals surface area contributed by atoms with E-state index in [9.17, 15) is 9.59 Å². The van der Waals surface area contributed by atoms with Crippen molar-refractivity contribution in [2.45, 2.75) is 6.92 Å². The lowest BCUT2D eigenvalue weighted by molar-refractivity contribution is -0.131. The minimum atomic E-state index is -0.294. The Morgan fingerprint density at radius 1 is 1.00 bits per heavy atom. The number of amides is 2. The van der Waals surface area contributed by atoms with Gasteiger partial charge in [-0.3, -0.25) is 14.5 Å². The van der Waals surface area contributed by atoms with Crippen molar-refractivity contribution in [2.24, 2.45) is 0 Å². The highest BCUT2D eigenvalue weighted by Gasteiger charge is 2.21. The molecule has 158 valence electrons. The third-order valence-electron chi connectivity index (χ3n) is 5.03. The van der Waals surface area contributed by atoms with Crippen molar-refractivity contribution in [1.29, 1.82) is 0 Å². The van der Waals surface area contributed by atoms with Crippen LogP contribution in [0.1, 0.15) is 22.8 Å². The maximum atomic E-state index is 12.5. The van der Waals surface area contributed by atoms with Gasteiger partial charge in [-0.2, -0.15) is 0 Å². The van der Waals surface area contributed by atoms with E-state index in [2.05, 4.69) is 34.5 Å². The number of rotatable bonds is 8. The first-order valence-electron chi connectivity index (χ1n) is 10.4. The van der Waals surface area contributed by atoms with Gasteiger partial charge >= 0.3 is 0 Å². The number of hydrogen-bond donors (Lipinski definition) is 1. The predicted octanol–water partition coefficient (Wildman–Crippen LogP) is 2.67. The van der Waals surface area contributed by atoms with E-state index in [0.29, 0.717) is 31.0 Å². The predicted molar refractivity (Wildman–Crippen MR) is 118 cm³/mol. The maximum Gasteiger partial charge on any atom is 0.255 e. The highest BCUT2D eigenvalue weighted by Crippen LogP contribution is 2.17. The van der Waals surface area contributed by atoms with Crippen molar-refractivity contribution in [3.63, 3.8) is 0 Å². The summed E-state index contributed by atoms with van der Waals surface area (Å²) in [6.07, 6.45) is 4.27. The second-order valence-corrected chi connectivity index (χ2v) is 7.11. The van der Waals surface area contributed by atoms with Crippen LogP contribution in [0, 0.1) is 0 Å². The molecule has 1 saturated heterocycles. The van der Waals surface area contributed by atoms with Crippen molar-refractivity contribution in [1.82, 2.24) is 15.1 Å². The van der Waals surface area contributed by atoms with E-state index < -0.39 is 0 Å². The standard InChI is InChI=1S/C24H29N3O3/c1-2-30-22-13-7-6-12-21(22)24(29)25-19-23(28)27-17-15-26(16-18-27)14-8-11-20-9-4-3-5-10-20/h3-13H,2,14-19H2,1H3,(H,25,29)/b11-8+. The van der Waals surface area contributed by atoms with Crippen molar-refractivity contribution in [3.05, 3.63) is 71.8 Å². The zero-order valence-electron chi connectivity index (χ0n) is 17.4. The van der Waals surface area contributed by atoms with Crippen molar-refractivity contribution >= 4 is 17.9 Å². The number of nitrogens with one attached hydrogen (secondary N) is 1. The molecule has 1 heterocycles. The molecule has 2 amide bonds. The molecule has 6 nitrogen and oxygen atoms in total. The van der Waals surface area contributed by atoms with E-state index in [-0.39, 0.29) is 18.4 Å². The van der Waals surface area contributed by atoms with Gasteiger partial charge < -0.3 is 15.0 Å².